The third-order valence-corrected chi connectivity index (χ3v) is 6.20. The van der Waals surface area contributed by atoms with E-state index in [-0.39, 0.29) is 10.9 Å². The van der Waals surface area contributed by atoms with Crippen molar-refractivity contribution >= 4 is 33.4 Å². The van der Waals surface area contributed by atoms with Crippen LogP contribution in [0.25, 0.3) is 0 Å². The lowest BCUT2D eigenvalue weighted by atomic mass is 10.2. The van der Waals surface area contributed by atoms with Gasteiger partial charge in [0.1, 0.15) is 6.61 Å². The largest absolute Gasteiger partial charge is 0.447 e. The highest BCUT2D eigenvalue weighted by Gasteiger charge is 2.26. The molecule has 0 saturated carbocycles. The monoisotopic (exact) mass is 417 g/mol. The van der Waals surface area contributed by atoms with Crippen molar-refractivity contribution in [1.82, 2.24) is 4.72 Å². The summed E-state index contributed by atoms with van der Waals surface area (Å²) in [6, 6.07) is 12.4. The number of carbonyl (C=O) groups excluding carboxylic acids is 2. The number of cyclic esters (lactones) is 1. The van der Waals surface area contributed by atoms with Crippen LogP contribution in [-0.4, -0.2) is 39.6 Å². The van der Waals surface area contributed by atoms with Gasteiger partial charge in [-0.05, 0) is 49.7 Å². The van der Waals surface area contributed by atoms with Gasteiger partial charge < -0.3 is 10.1 Å². The molecular weight excluding hydrogens is 394 g/mol. The van der Waals surface area contributed by atoms with Gasteiger partial charge in [-0.2, -0.15) is 0 Å². The number of para-hydroxylation sites is 2. The number of sulfonamides is 1. The third-order valence-electron chi connectivity index (χ3n) is 4.60. The van der Waals surface area contributed by atoms with Crippen LogP contribution < -0.4 is 14.9 Å². The summed E-state index contributed by atoms with van der Waals surface area (Å²) < 4.78 is 32.2. The quantitative estimate of drug-likeness (QED) is 0.721. The lowest BCUT2D eigenvalue weighted by Gasteiger charge is -2.17. The smallest absolute Gasteiger partial charge is 0.414 e. The highest BCUT2D eigenvalue weighted by atomic mass is 32.2. The van der Waals surface area contributed by atoms with Crippen LogP contribution in [0.4, 0.5) is 16.2 Å². The Hall–Kier alpha value is -2.91. The number of carbonyl (C=O) groups is 2. The number of amides is 2. The van der Waals surface area contributed by atoms with Crippen LogP contribution in [0.1, 0.15) is 30.6 Å². The number of hydrogen-bond acceptors (Lipinski definition) is 5. The van der Waals surface area contributed by atoms with E-state index >= 15 is 0 Å². The molecule has 1 fully saturated rings. The summed E-state index contributed by atoms with van der Waals surface area (Å²) in [6.07, 6.45) is 0.207. The molecule has 0 bridgehead atoms. The Bertz CT molecular complexity index is 1010. The maximum atomic E-state index is 12.6. The van der Waals surface area contributed by atoms with E-state index in [9.17, 15) is 18.0 Å². The van der Waals surface area contributed by atoms with Gasteiger partial charge in [0.05, 0.1) is 22.8 Å². The Morgan fingerprint density at radius 1 is 1.17 bits per heavy atom. The van der Waals surface area contributed by atoms with Crippen LogP contribution >= 0.6 is 0 Å². The fourth-order valence-electron chi connectivity index (χ4n) is 2.82. The van der Waals surface area contributed by atoms with E-state index in [0.29, 0.717) is 36.5 Å². The molecule has 0 aliphatic carbocycles. The van der Waals surface area contributed by atoms with Crippen molar-refractivity contribution in [2.24, 2.45) is 0 Å². The topological polar surface area (TPSA) is 105 Å². The van der Waals surface area contributed by atoms with Crippen LogP contribution in [0.15, 0.2) is 53.4 Å². The van der Waals surface area contributed by atoms with E-state index < -0.39 is 22.0 Å². The first-order chi connectivity index (χ1) is 13.8. The molecule has 1 saturated heterocycles. The van der Waals surface area contributed by atoms with Crippen molar-refractivity contribution in [3.8, 4) is 0 Å². The molecule has 0 radical (unpaired) electrons. The van der Waals surface area contributed by atoms with Crippen molar-refractivity contribution in [2.75, 3.05) is 23.4 Å². The summed E-state index contributed by atoms with van der Waals surface area (Å²) in [4.78, 5) is 26.0. The van der Waals surface area contributed by atoms with Gasteiger partial charge in [0.25, 0.3) is 5.91 Å². The second kappa shape index (κ2) is 8.62. The molecule has 9 heteroatoms. The van der Waals surface area contributed by atoms with E-state index in [1.807, 2.05) is 6.92 Å². The second-order valence-electron chi connectivity index (χ2n) is 6.69. The molecule has 29 heavy (non-hydrogen) atoms. The van der Waals surface area contributed by atoms with Crippen LogP contribution in [0.5, 0.6) is 0 Å². The molecule has 2 aromatic rings. The minimum absolute atomic E-state index is 0.0922. The first-order valence-electron chi connectivity index (χ1n) is 9.29. The molecule has 1 aliphatic heterocycles. The predicted molar refractivity (Wildman–Crippen MR) is 110 cm³/mol. The fraction of sp³-hybridized carbons (Fsp3) is 0.300. The minimum atomic E-state index is -3.64. The molecule has 2 amide bonds. The molecule has 0 aromatic heterocycles. The molecule has 1 unspecified atom stereocenters. The molecule has 154 valence electrons. The Kier molecular flexibility index (Phi) is 6.19. The number of benzene rings is 2. The van der Waals surface area contributed by atoms with Crippen LogP contribution in [0, 0.1) is 0 Å². The van der Waals surface area contributed by atoms with Crippen LogP contribution in [0.3, 0.4) is 0 Å². The van der Waals surface area contributed by atoms with Gasteiger partial charge in [-0.1, -0.05) is 19.1 Å². The summed E-state index contributed by atoms with van der Waals surface area (Å²) in [6.45, 7) is 4.37. The van der Waals surface area contributed by atoms with Crippen LogP contribution in [-0.2, 0) is 14.8 Å². The van der Waals surface area contributed by atoms with E-state index in [0.717, 1.165) is 0 Å². The zero-order valence-corrected chi connectivity index (χ0v) is 17.0. The van der Waals surface area contributed by atoms with Gasteiger partial charge in [-0.3, -0.25) is 9.69 Å². The third kappa shape index (κ3) is 4.75. The van der Waals surface area contributed by atoms with E-state index in [1.165, 1.54) is 29.2 Å². The van der Waals surface area contributed by atoms with Crippen molar-refractivity contribution in [1.29, 1.82) is 0 Å². The number of hydrogen-bond donors (Lipinski definition) is 2. The van der Waals surface area contributed by atoms with Crippen molar-refractivity contribution in [2.45, 2.75) is 31.2 Å². The number of nitrogens with one attached hydrogen (secondary N) is 2. The summed E-state index contributed by atoms with van der Waals surface area (Å²) in [5.74, 6) is -0.413. The first kappa shape index (κ1) is 20.8. The molecule has 1 atom stereocenters. The van der Waals surface area contributed by atoms with E-state index in [4.69, 9.17) is 4.74 Å². The summed E-state index contributed by atoms with van der Waals surface area (Å²) in [7, 11) is -3.64. The van der Waals surface area contributed by atoms with Gasteiger partial charge in [-0.15, -0.1) is 0 Å². The number of nitrogens with zero attached hydrogens (tertiary/aromatic N) is 1. The number of rotatable bonds is 7. The zero-order valence-electron chi connectivity index (χ0n) is 16.2. The van der Waals surface area contributed by atoms with E-state index in [2.05, 4.69) is 10.0 Å². The SMILES string of the molecule is CCC(C)NS(=O)(=O)c1ccc(C(=O)Nc2ccccc2N2CCOC2=O)cc1. The normalized spacial score (nSPS) is 15.1. The zero-order chi connectivity index (χ0) is 21.0. The summed E-state index contributed by atoms with van der Waals surface area (Å²) in [5.41, 5.74) is 1.30. The highest BCUT2D eigenvalue weighted by Crippen LogP contribution is 2.28. The first-order valence-corrected chi connectivity index (χ1v) is 10.8. The van der Waals surface area contributed by atoms with E-state index in [1.54, 1.807) is 31.2 Å². The van der Waals surface area contributed by atoms with Gasteiger partial charge >= 0.3 is 6.09 Å². The average molecular weight is 417 g/mol. The van der Waals surface area contributed by atoms with Crippen molar-refractivity contribution < 1.29 is 22.7 Å². The van der Waals surface area contributed by atoms with Gasteiger partial charge in [0.2, 0.25) is 10.0 Å². The molecule has 0 spiro atoms. The fourth-order valence-corrected chi connectivity index (χ4v) is 4.15. The second-order valence-corrected chi connectivity index (χ2v) is 8.41. The predicted octanol–water partition coefficient (Wildman–Crippen LogP) is 2.97. The van der Waals surface area contributed by atoms with Crippen LogP contribution in [0.2, 0.25) is 0 Å². The maximum Gasteiger partial charge on any atom is 0.414 e. The summed E-state index contributed by atoms with van der Waals surface area (Å²) >= 11 is 0. The Labute approximate surface area is 169 Å². The molecule has 8 nitrogen and oxygen atoms in total. The molecule has 1 heterocycles. The van der Waals surface area contributed by atoms with Gasteiger partial charge in [0.15, 0.2) is 0 Å². The lowest BCUT2D eigenvalue weighted by molar-refractivity contribution is 0.102. The molecule has 1 aliphatic rings. The molecule has 2 aromatic carbocycles. The Morgan fingerprint density at radius 2 is 1.86 bits per heavy atom. The Morgan fingerprint density at radius 3 is 2.48 bits per heavy atom. The minimum Gasteiger partial charge on any atom is -0.447 e. The molecule has 2 N–H and O–H groups in total. The summed E-state index contributed by atoms with van der Waals surface area (Å²) in [5, 5.41) is 2.77. The van der Waals surface area contributed by atoms with Gasteiger partial charge in [-0.25, -0.2) is 17.9 Å². The number of ether oxygens (including phenoxy) is 1. The average Bonchev–Trinajstić information content (AvgIpc) is 3.13. The molecular formula is C20H23N3O5S. The Balaban J connectivity index is 1.76. The van der Waals surface area contributed by atoms with Crippen molar-refractivity contribution in [3.63, 3.8) is 0 Å². The number of anilines is 2. The maximum absolute atomic E-state index is 12.6. The molecule has 3 rings (SSSR count). The standard InChI is InChI=1S/C20H23N3O5S/c1-3-14(2)22-29(26,27)16-10-8-15(9-11-16)19(24)21-17-6-4-5-7-18(17)23-12-13-28-20(23)25/h4-11,14,22H,3,12-13H2,1-2H3,(H,21,24). The van der Waals surface area contributed by atoms with Gasteiger partial charge in [0, 0.05) is 11.6 Å². The van der Waals surface area contributed by atoms with Crippen molar-refractivity contribution in [3.05, 3.63) is 54.1 Å². The highest BCUT2D eigenvalue weighted by molar-refractivity contribution is 7.89. The lowest BCUT2D eigenvalue weighted by Crippen LogP contribution is -2.32.